The van der Waals surface area contributed by atoms with Gasteiger partial charge in [-0.3, -0.25) is 9.59 Å². The molecule has 2 fully saturated rings. The van der Waals surface area contributed by atoms with Crippen LogP contribution in [-0.2, 0) is 19.1 Å². The van der Waals surface area contributed by atoms with Crippen LogP contribution >= 0.6 is 11.3 Å². The molecule has 5 rings (SSSR count). The van der Waals surface area contributed by atoms with Gasteiger partial charge in [0.05, 0.1) is 30.5 Å². The Kier molecular flexibility index (Phi) is 8.78. The summed E-state index contributed by atoms with van der Waals surface area (Å²) >= 11 is 1.54. The number of likely N-dealkylation sites (tertiary alicyclic amines) is 1. The van der Waals surface area contributed by atoms with Gasteiger partial charge in [-0.15, -0.1) is 11.3 Å². The quantitative estimate of drug-likeness (QED) is 0.399. The maximum atomic E-state index is 14.0. The van der Waals surface area contributed by atoms with Crippen LogP contribution in [0.3, 0.4) is 0 Å². The Balaban J connectivity index is 1.42. The number of fused-ring (bicyclic) bond motifs is 1. The van der Waals surface area contributed by atoms with Crippen LogP contribution in [0, 0.1) is 5.92 Å². The Bertz CT molecular complexity index is 1390. The van der Waals surface area contributed by atoms with Crippen LogP contribution in [0.15, 0.2) is 41.8 Å². The van der Waals surface area contributed by atoms with Gasteiger partial charge in [-0.05, 0) is 62.4 Å². The highest BCUT2D eigenvalue weighted by molar-refractivity contribution is 7.10. The van der Waals surface area contributed by atoms with Crippen molar-refractivity contribution in [1.82, 2.24) is 20.5 Å². The second-order valence-electron chi connectivity index (χ2n) is 10.4. The minimum atomic E-state index is -0.595. The molecule has 1 aromatic heterocycles. The number of hydrogen-bond donors (Lipinski definition) is 2. The average molecular weight is 565 g/mol. The summed E-state index contributed by atoms with van der Waals surface area (Å²) in [5.41, 5.74) is 2.25. The molecule has 0 spiro atoms. The number of likely N-dealkylation sites (N-methyl/N-ethyl adjacent to an activating group) is 1. The van der Waals surface area contributed by atoms with Crippen LogP contribution in [0.5, 0.6) is 0 Å². The number of thiazole rings is 1. The first-order chi connectivity index (χ1) is 19.4. The number of nitrogens with zero attached hydrogens (tertiary/aromatic N) is 2. The maximum absolute atomic E-state index is 14.0. The molecule has 2 amide bonds. The van der Waals surface area contributed by atoms with Crippen molar-refractivity contribution < 1.29 is 23.9 Å². The number of hydrogen-bond acceptors (Lipinski definition) is 8. The van der Waals surface area contributed by atoms with Crippen molar-refractivity contribution in [3.63, 3.8) is 0 Å². The number of carbonyl (C=O) groups is 3. The summed E-state index contributed by atoms with van der Waals surface area (Å²) in [4.78, 5) is 46.1. The fourth-order valence-electron chi connectivity index (χ4n) is 5.68. The molecule has 3 heterocycles. The van der Waals surface area contributed by atoms with Gasteiger partial charge in [-0.25, -0.2) is 9.78 Å². The second-order valence-corrected chi connectivity index (χ2v) is 11.3. The van der Waals surface area contributed by atoms with Crippen LogP contribution in [0.1, 0.15) is 54.0 Å². The Morgan fingerprint density at radius 3 is 2.58 bits per heavy atom. The molecule has 2 saturated heterocycles. The van der Waals surface area contributed by atoms with Crippen molar-refractivity contribution in [2.45, 2.75) is 50.7 Å². The molecule has 0 radical (unpaired) electrons. The van der Waals surface area contributed by atoms with Gasteiger partial charge in [0.15, 0.2) is 0 Å². The summed E-state index contributed by atoms with van der Waals surface area (Å²) in [5, 5.41) is 10.6. The summed E-state index contributed by atoms with van der Waals surface area (Å²) in [6.07, 6.45) is 3.17. The third-order valence-corrected chi connectivity index (χ3v) is 9.02. The summed E-state index contributed by atoms with van der Waals surface area (Å²) < 4.78 is 10.5. The second kappa shape index (κ2) is 12.4. The first-order valence-corrected chi connectivity index (χ1v) is 14.7. The topological polar surface area (TPSA) is 110 Å². The van der Waals surface area contributed by atoms with E-state index in [9.17, 15) is 14.4 Å². The van der Waals surface area contributed by atoms with E-state index in [1.54, 1.807) is 31.4 Å². The lowest BCUT2D eigenvalue weighted by Crippen LogP contribution is -2.56. The lowest BCUT2D eigenvalue weighted by atomic mass is 9.90. The number of ether oxygens (including phenoxy) is 2. The lowest BCUT2D eigenvalue weighted by Gasteiger charge is -2.35. The van der Waals surface area contributed by atoms with E-state index in [1.165, 1.54) is 7.11 Å². The minimum Gasteiger partial charge on any atom is -0.465 e. The standard InChI is InChI=1S/C30H36N4O5S/c1-18(31-2)27(35)33-26(19-12-15-39-16-13-19)29(36)34-14-6-9-25(34)28-32-24(17-40-28)22-10-11-23(30(37)38-3)21-8-5-4-7-20(21)22/h4-5,7-8,10-11,17-19,25-26,31H,6,9,12-16H2,1-3H3,(H,33,35)/t18-,25-,26-/m0/s1. The number of benzene rings is 2. The van der Waals surface area contributed by atoms with Gasteiger partial charge in [0.2, 0.25) is 11.8 Å². The molecule has 0 unspecified atom stereocenters. The Labute approximate surface area is 238 Å². The molecule has 9 nitrogen and oxygen atoms in total. The lowest BCUT2D eigenvalue weighted by molar-refractivity contribution is -0.140. The molecule has 2 N–H and O–H groups in total. The molecule has 2 aromatic carbocycles. The smallest absolute Gasteiger partial charge is 0.338 e. The van der Waals surface area contributed by atoms with Crippen LogP contribution in [0.4, 0.5) is 0 Å². The molecule has 0 aliphatic carbocycles. The van der Waals surface area contributed by atoms with Gasteiger partial charge in [0, 0.05) is 30.7 Å². The highest BCUT2D eigenvalue weighted by atomic mass is 32.1. The fourth-order valence-corrected chi connectivity index (χ4v) is 6.65. The van der Waals surface area contributed by atoms with Crippen LogP contribution < -0.4 is 10.6 Å². The summed E-state index contributed by atoms with van der Waals surface area (Å²) in [5.74, 6) is -0.572. The van der Waals surface area contributed by atoms with Crippen LogP contribution in [0.25, 0.3) is 22.0 Å². The average Bonchev–Trinajstić information content (AvgIpc) is 3.69. The fraction of sp³-hybridized carbons (Fsp3) is 0.467. The number of nitrogens with one attached hydrogen (secondary N) is 2. The first-order valence-electron chi connectivity index (χ1n) is 13.8. The number of methoxy groups -OCH3 is 1. The monoisotopic (exact) mass is 564 g/mol. The summed E-state index contributed by atoms with van der Waals surface area (Å²) in [7, 11) is 3.12. The molecule has 0 saturated carbocycles. The molecular weight excluding hydrogens is 528 g/mol. The van der Waals surface area contributed by atoms with Crippen molar-refractivity contribution in [1.29, 1.82) is 0 Å². The Hall–Kier alpha value is -3.34. The molecule has 40 heavy (non-hydrogen) atoms. The largest absolute Gasteiger partial charge is 0.465 e. The molecule has 0 bridgehead atoms. The van der Waals surface area contributed by atoms with Gasteiger partial charge in [0.25, 0.3) is 0 Å². The highest BCUT2D eigenvalue weighted by Gasteiger charge is 2.40. The van der Waals surface area contributed by atoms with Crippen LogP contribution in [0.2, 0.25) is 0 Å². The van der Waals surface area contributed by atoms with Crippen molar-refractivity contribution in [3.05, 3.63) is 52.3 Å². The van der Waals surface area contributed by atoms with E-state index in [0.29, 0.717) is 25.3 Å². The van der Waals surface area contributed by atoms with Gasteiger partial charge in [0.1, 0.15) is 11.0 Å². The van der Waals surface area contributed by atoms with E-state index in [0.717, 1.165) is 52.7 Å². The van der Waals surface area contributed by atoms with Gasteiger partial charge in [-0.1, -0.05) is 30.3 Å². The zero-order chi connectivity index (χ0) is 28.2. The molecule has 3 aromatic rings. The van der Waals surface area contributed by atoms with E-state index in [4.69, 9.17) is 14.5 Å². The number of rotatable bonds is 8. The SMILES string of the molecule is CN[C@@H](C)C(=O)N[C@H](C(=O)N1CCC[C@H]1c1nc(-c2ccc(C(=O)OC)c3ccccc23)cs1)C1CCOCC1. The predicted molar refractivity (Wildman–Crippen MR) is 154 cm³/mol. The highest BCUT2D eigenvalue weighted by Crippen LogP contribution is 2.38. The van der Waals surface area contributed by atoms with Crippen molar-refractivity contribution in [2.24, 2.45) is 5.92 Å². The summed E-state index contributed by atoms with van der Waals surface area (Å²) in [6.45, 7) is 3.60. The van der Waals surface area contributed by atoms with Crippen molar-refractivity contribution in [3.8, 4) is 11.3 Å². The van der Waals surface area contributed by atoms with Gasteiger partial charge in [-0.2, -0.15) is 0 Å². The van der Waals surface area contributed by atoms with E-state index >= 15 is 0 Å². The normalized spacial score (nSPS) is 19.4. The van der Waals surface area contributed by atoms with Crippen molar-refractivity contribution >= 4 is 39.9 Å². The van der Waals surface area contributed by atoms with E-state index in [-0.39, 0.29) is 29.7 Å². The Morgan fingerprint density at radius 1 is 1.10 bits per heavy atom. The third-order valence-electron chi connectivity index (χ3n) is 8.08. The molecule has 2 aliphatic heterocycles. The van der Waals surface area contributed by atoms with Crippen LogP contribution in [-0.4, -0.2) is 73.7 Å². The number of carbonyl (C=O) groups excluding carboxylic acids is 3. The number of amides is 2. The van der Waals surface area contributed by atoms with E-state index in [1.807, 2.05) is 40.6 Å². The number of esters is 1. The maximum Gasteiger partial charge on any atom is 0.338 e. The predicted octanol–water partition coefficient (Wildman–Crippen LogP) is 3.93. The molecule has 10 heteroatoms. The zero-order valence-electron chi connectivity index (χ0n) is 23.1. The third kappa shape index (κ3) is 5.61. The molecule has 2 aliphatic rings. The molecular formula is C30H36N4O5S. The Morgan fingerprint density at radius 2 is 1.85 bits per heavy atom. The van der Waals surface area contributed by atoms with Gasteiger partial charge < -0.3 is 25.0 Å². The zero-order valence-corrected chi connectivity index (χ0v) is 24.0. The van der Waals surface area contributed by atoms with E-state index in [2.05, 4.69) is 10.6 Å². The summed E-state index contributed by atoms with van der Waals surface area (Å²) in [6, 6.07) is 10.3. The first kappa shape index (κ1) is 28.2. The molecule has 212 valence electrons. The minimum absolute atomic E-state index is 0.0297. The van der Waals surface area contributed by atoms with Gasteiger partial charge >= 0.3 is 5.97 Å². The van der Waals surface area contributed by atoms with E-state index < -0.39 is 12.1 Å². The molecule has 3 atom stereocenters. The van der Waals surface area contributed by atoms with Crippen molar-refractivity contribution in [2.75, 3.05) is 33.9 Å². The number of aromatic nitrogens is 1.